The van der Waals surface area contributed by atoms with Crippen LogP contribution in [0, 0.1) is 0 Å². The smallest absolute Gasteiger partial charge is 0.260 e. The van der Waals surface area contributed by atoms with Crippen LogP contribution in [0.5, 0.6) is 11.5 Å². The molecule has 0 saturated heterocycles. The van der Waals surface area contributed by atoms with Gasteiger partial charge in [0, 0.05) is 11.6 Å². The van der Waals surface area contributed by atoms with Crippen LogP contribution in [0.3, 0.4) is 0 Å². The topological polar surface area (TPSA) is 47.6 Å². The van der Waals surface area contributed by atoms with Gasteiger partial charge in [-0.3, -0.25) is 4.79 Å². The second-order valence-corrected chi connectivity index (χ2v) is 5.54. The average Bonchev–Trinajstić information content (AvgIpc) is 2.57. The Morgan fingerprint density at radius 3 is 2.30 bits per heavy atom. The zero-order chi connectivity index (χ0) is 16.7. The number of hydrogen-bond donors (Lipinski definition) is 1. The van der Waals surface area contributed by atoms with Crippen LogP contribution in [-0.2, 0) is 11.2 Å². The highest BCUT2D eigenvalue weighted by Gasteiger charge is 2.14. The summed E-state index contributed by atoms with van der Waals surface area (Å²) < 4.78 is 10.7. The number of ether oxygens (including phenoxy) is 2. The van der Waals surface area contributed by atoms with E-state index >= 15 is 0 Å². The molecule has 2 aromatic carbocycles. The SMILES string of the molecule is COc1ccc(OC(C)C(=O)NCCc2ccc(Cl)cc2)cc1. The molecule has 1 N–H and O–H groups in total. The maximum Gasteiger partial charge on any atom is 0.260 e. The van der Waals surface area contributed by atoms with Crippen molar-refractivity contribution in [3.8, 4) is 11.5 Å². The van der Waals surface area contributed by atoms with Crippen molar-refractivity contribution in [2.45, 2.75) is 19.4 Å². The number of rotatable bonds is 7. The minimum atomic E-state index is -0.561. The first-order valence-electron chi connectivity index (χ1n) is 7.41. The largest absolute Gasteiger partial charge is 0.497 e. The molecule has 0 aliphatic heterocycles. The Morgan fingerprint density at radius 1 is 1.09 bits per heavy atom. The van der Waals surface area contributed by atoms with E-state index in [2.05, 4.69) is 5.32 Å². The molecule has 0 aromatic heterocycles. The van der Waals surface area contributed by atoms with Gasteiger partial charge in [0.15, 0.2) is 6.10 Å². The van der Waals surface area contributed by atoms with Crippen LogP contribution in [0.1, 0.15) is 12.5 Å². The average molecular weight is 334 g/mol. The van der Waals surface area contributed by atoms with E-state index in [1.165, 1.54) is 0 Å². The summed E-state index contributed by atoms with van der Waals surface area (Å²) in [4.78, 5) is 12.0. The van der Waals surface area contributed by atoms with E-state index in [4.69, 9.17) is 21.1 Å². The molecule has 0 heterocycles. The first kappa shape index (κ1) is 17.2. The Kier molecular flexibility index (Phi) is 6.29. The molecule has 0 spiro atoms. The third-order valence-corrected chi connectivity index (χ3v) is 3.62. The molecule has 4 nitrogen and oxygen atoms in total. The Labute approximate surface area is 141 Å². The van der Waals surface area contributed by atoms with Crippen molar-refractivity contribution in [1.82, 2.24) is 5.32 Å². The maximum atomic E-state index is 12.0. The van der Waals surface area contributed by atoms with Gasteiger partial charge in [-0.2, -0.15) is 0 Å². The minimum Gasteiger partial charge on any atom is -0.497 e. The summed E-state index contributed by atoms with van der Waals surface area (Å²) in [6.07, 6.45) is 0.187. The van der Waals surface area contributed by atoms with Gasteiger partial charge in [-0.1, -0.05) is 23.7 Å². The number of nitrogens with one attached hydrogen (secondary N) is 1. The molecule has 1 unspecified atom stereocenters. The summed E-state index contributed by atoms with van der Waals surface area (Å²) in [5.74, 6) is 1.23. The lowest BCUT2D eigenvalue weighted by molar-refractivity contribution is -0.127. The number of amides is 1. The Bertz CT molecular complexity index is 626. The summed E-state index contributed by atoms with van der Waals surface area (Å²) >= 11 is 5.84. The van der Waals surface area contributed by atoms with Crippen LogP contribution in [-0.4, -0.2) is 25.7 Å². The number of carbonyl (C=O) groups excluding carboxylic acids is 1. The number of carbonyl (C=O) groups is 1. The molecule has 0 aliphatic carbocycles. The highest BCUT2D eigenvalue weighted by Crippen LogP contribution is 2.18. The third kappa shape index (κ3) is 5.49. The van der Waals surface area contributed by atoms with Crippen LogP contribution >= 0.6 is 11.6 Å². The first-order chi connectivity index (χ1) is 11.1. The van der Waals surface area contributed by atoms with Gasteiger partial charge in [-0.05, 0) is 55.3 Å². The molecular weight excluding hydrogens is 314 g/mol. The van der Waals surface area contributed by atoms with Crippen LogP contribution < -0.4 is 14.8 Å². The summed E-state index contributed by atoms with van der Waals surface area (Å²) in [7, 11) is 1.60. The van der Waals surface area contributed by atoms with E-state index in [-0.39, 0.29) is 5.91 Å². The van der Waals surface area contributed by atoms with Gasteiger partial charge < -0.3 is 14.8 Å². The summed E-state index contributed by atoms with van der Waals surface area (Å²) in [6.45, 7) is 2.28. The molecule has 0 radical (unpaired) electrons. The maximum absolute atomic E-state index is 12.0. The Hall–Kier alpha value is -2.20. The van der Waals surface area contributed by atoms with Gasteiger partial charge in [-0.15, -0.1) is 0 Å². The summed E-state index contributed by atoms with van der Waals surface area (Å²) in [5.41, 5.74) is 1.12. The highest BCUT2D eigenvalue weighted by atomic mass is 35.5. The van der Waals surface area contributed by atoms with Crippen molar-refractivity contribution in [1.29, 1.82) is 0 Å². The van der Waals surface area contributed by atoms with Crippen molar-refractivity contribution in [3.05, 3.63) is 59.1 Å². The van der Waals surface area contributed by atoms with E-state index in [0.717, 1.165) is 17.7 Å². The predicted molar refractivity (Wildman–Crippen MR) is 91.2 cm³/mol. The van der Waals surface area contributed by atoms with Crippen molar-refractivity contribution in [2.75, 3.05) is 13.7 Å². The molecule has 1 amide bonds. The summed E-state index contributed by atoms with van der Waals surface area (Å²) in [6, 6.07) is 14.7. The fraction of sp³-hybridized carbons (Fsp3) is 0.278. The molecule has 0 fully saturated rings. The van der Waals surface area contributed by atoms with Crippen LogP contribution in [0.2, 0.25) is 5.02 Å². The van der Waals surface area contributed by atoms with Crippen LogP contribution in [0.4, 0.5) is 0 Å². The van der Waals surface area contributed by atoms with Crippen LogP contribution in [0.15, 0.2) is 48.5 Å². The first-order valence-corrected chi connectivity index (χ1v) is 7.79. The standard InChI is InChI=1S/C18H20ClNO3/c1-13(23-17-9-7-16(22-2)8-10-17)18(21)20-12-11-14-3-5-15(19)6-4-14/h3-10,13H,11-12H2,1-2H3,(H,20,21). The highest BCUT2D eigenvalue weighted by molar-refractivity contribution is 6.30. The molecular formula is C18H20ClNO3. The number of benzene rings is 2. The quantitative estimate of drug-likeness (QED) is 0.844. The second kappa shape index (κ2) is 8.44. The molecule has 0 aliphatic rings. The third-order valence-electron chi connectivity index (χ3n) is 3.37. The molecule has 5 heteroatoms. The second-order valence-electron chi connectivity index (χ2n) is 5.10. The lowest BCUT2D eigenvalue weighted by Crippen LogP contribution is -2.37. The Balaban J connectivity index is 1.76. The predicted octanol–water partition coefficient (Wildman–Crippen LogP) is 3.47. The lowest BCUT2D eigenvalue weighted by atomic mass is 10.1. The van der Waals surface area contributed by atoms with Gasteiger partial charge >= 0.3 is 0 Å². The number of hydrogen-bond acceptors (Lipinski definition) is 3. The monoisotopic (exact) mass is 333 g/mol. The molecule has 0 saturated carbocycles. The van der Waals surface area contributed by atoms with Gasteiger partial charge in [-0.25, -0.2) is 0 Å². The van der Waals surface area contributed by atoms with Gasteiger partial charge in [0.2, 0.25) is 0 Å². The van der Waals surface area contributed by atoms with Gasteiger partial charge in [0.25, 0.3) is 5.91 Å². The van der Waals surface area contributed by atoms with Gasteiger partial charge in [0.1, 0.15) is 11.5 Å². The molecule has 1 atom stereocenters. The normalized spacial score (nSPS) is 11.6. The van der Waals surface area contributed by atoms with E-state index in [1.54, 1.807) is 38.3 Å². The number of halogens is 1. The fourth-order valence-corrected chi connectivity index (χ4v) is 2.16. The fourth-order valence-electron chi connectivity index (χ4n) is 2.04. The van der Waals surface area contributed by atoms with E-state index < -0.39 is 6.10 Å². The molecule has 122 valence electrons. The van der Waals surface area contributed by atoms with Crippen molar-refractivity contribution in [3.63, 3.8) is 0 Å². The zero-order valence-electron chi connectivity index (χ0n) is 13.2. The van der Waals surface area contributed by atoms with Crippen molar-refractivity contribution < 1.29 is 14.3 Å². The van der Waals surface area contributed by atoms with E-state index in [9.17, 15) is 4.79 Å². The van der Waals surface area contributed by atoms with Gasteiger partial charge in [0.05, 0.1) is 7.11 Å². The Morgan fingerprint density at radius 2 is 1.70 bits per heavy atom. The molecule has 2 rings (SSSR count). The minimum absolute atomic E-state index is 0.144. The molecule has 2 aromatic rings. The molecule has 23 heavy (non-hydrogen) atoms. The van der Waals surface area contributed by atoms with E-state index in [0.29, 0.717) is 17.3 Å². The van der Waals surface area contributed by atoms with E-state index in [1.807, 2.05) is 24.3 Å². The lowest BCUT2D eigenvalue weighted by Gasteiger charge is -2.15. The zero-order valence-corrected chi connectivity index (χ0v) is 14.0. The summed E-state index contributed by atoms with van der Waals surface area (Å²) in [5, 5.41) is 3.57. The van der Waals surface area contributed by atoms with Crippen molar-refractivity contribution in [2.24, 2.45) is 0 Å². The molecule has 0 bridgehead atoms. The van der Waals surface area contributed by atoms with Crippen molar-refractivity contribution >= 4 is 17.5 Å². The number of methoxy groups -OCH3 is 1. The van der Waals surface area contributed by atoms with Crippen LogP contribution in [0.25, 0.3) is 0 Å².